The molecule has 3 nitrogen and oxygen atoms in total. The molecule has 1 aromatic heterocycles. The van der Waals surface area contributed by atoms with Crippen LogP contribution in [0.4, 0.5) is 18.9 Å². The molecule has 0 aliphatic heterocycles. The predicted molar refractivity (Wildman–Crippen MR) is 105 cm³/mol. The average Bonchev–Trinajstić information content (AvgIpc) is 3.15. The maximum atomic E-state index is 13.0. The normalized spacial score (nSPS) is 15.0. The van der Waals surface area contributed by atoms with Gasteiger partial charge in [-0.05, 0) is 54.9 Å². The Morgan fingerprint density at radius 3 is 2.63 bits per heavy atom. The van der Waals surface area contributed by atoms with Crippen LogP contribution in [0, 0.1) is 0 Å². The van der Waals surface area contributed by atoms with Gasteiger partial charge in [0.05, 0.1) is 16.3 Å². The number of benzene rings is 1. The monoisotopic (exact) mass is 413 g/mol. The predicted octanol–water partition coefficient (Wildman–Crippen LogP) is 5.90. The third-order valence-corrected chi connectivity index (χ3v) is 5.30. The Morgan fingerprint density at radius 1 is 1.26 bits per heavy atom. The fourth-order valence-corrected chi connectivity index (χ4v) is 3.74. The van der Waals surface area contributed by atoms with Crippen LogP contribution in [0.3, 0.4) is 0 Å². The van der Waals surface area contributed by atoms with Crippen LogP contribution in [0.15, 0.2) is 42.7 Å². The zero-order valence-corrected chi connectivity index (χ0v) is 16.0. The standard InChI is InChI=1S/C19H19ClF3N3S/c20-16-8-7-14(19(21,22)23)10-17(16)25-18(27)26(15-5-1-2-6-15)12-13-4-3-9-24-11-13/h3-4,7-11,15H,1-2,5-6,12H2,(H,25,27). The van der Waals surface area contributed by atoms with Crippen LogP contribution in [-0.2, 0) is 12.7 Å². The average molecular weight is 414 g/mol. The van der Waals surface area contributed by atoms with Crippen molar-refractivity contribution in [3.8, 4) is 0 Å². The molecule has 0 unspecified atom stereocenters. The molecule has 3 rings (SSSR count). The maximum Gasteiger partial charge on any atom is 0.416 e. The fourth-order valence-electron chi connectivity index (χ4n) is 3.26. The number of hydrogen-bond acceptors (Lipinski definition) is 2. The van der Waals surface area contributed by atoms with E-state index >= 15 is 0 Å². The Balaban J connectivity index is 1.82. The van der Waals surface area contributed by atoms with Crippen LogP contribution < -0.4 is 5.32 Å². The van der Waals surface area contributed by atoms with Gasteiger partial charge in [0.2, 0.25) is 0 Å². The molecule has 0 radical (unpaired) electrons. The Bertz CT molecular complexity index is 793. The van der Waals surface area contributed by atoms with Crippen LogP contribution >= 0.6 is 23.8 Å². The van der Waals surface area contributed by atoms with E-state index in [9.17, 15) is 13.2 Å². The Labute approximate surface area is 166 Å². The first-order chi connectivity index (χ1) is 12.8. The minimum atomic E-state index is -4.44. The van der Waals surface area contributed by atoms with Gasteiger partial charge in [0, 0.05) is 25.0 Å². The molecule has 144 valence electrons. The lowest BCUT2D eigenvalue weighted by atomic mass is 10.1. The second-order valence-electron chi connectivity index (χ2n) is 6.55. The molecule has 1 aliphatic carbocycles. The summed E-state index contributed by atoms with van der Waals surface area (Å²) in [6.07, 6.45) is 3.24. The van der Waals surface area contributed by atoms with E-state index in [-0.39, 0.29) is 16.8 Å². The lowest BCUT2D eigenvalue weighted by Gasteiger charge is -2.32. The van der Waals surface area contributed by atoms with E-state index in [1.165, 1.54) is 6.07 Å². The summed E-state index contributed by atoms with van der Waals surface area (Å²) in [6.45, 7) is 0.543. The highest BCUT2D eigenvalue weighted by Crippen LogP contribution is 2.34. The highest BCUT2D eigenvalue weighted by atomic mass is 35.5. The van der Waals surface area contributed by atoms with E-state index in [2.05, 4.69) is 10.3 Å². The van der Waals surface area contributed by atoms with Gasteiger partial charge in [-0.15, -0.1) is 0 Å². The first kappa shape index (κ1) is 19.9. The number of thiocarbonyl (C=S) groups is 1. The molecule has 1 heterocycles. The lowest BCUT2D eigenvalue weighted by molar-refractivity contribution is -0.137. The fraction of sp³-hybridized carbons (Fsp3) is 0.368. The minimum absolute atomic E-state index is 0.158. The number of aromatic nitrogens is 1. The van der Waals surface area contributed by atoms with E-state index in [1.54, 1.807) is 12.4 Å². The van der Waals surface area contributed by atoms with Crippen molar-refractivity contribution < 1.29 is 13.2 Å². The first-order valence-corrected chi connectivity index (χ1v) is 9.46. The number of nitrogens with one attached hydrogen (secondary N) is 1. The molecule has 0 saturated heterocycles. The van der Waals surface area contributed by atoms with Crippen molar-refractivity contribution in [2.75, 3.05) is 5.32 Å². The van der Waals surface area contributed by atoms with Gasteiger partial charge in [0.25, 0.3) is 0 Å². The van der Waals surface area contributed by atoms with E-state index in [1.807, 2.05) is 17.0 Å². The van der Waals surface area contributed by atoms with E-state index in [0.717, 1.165) is 43.4 Å². The first-order valence-electron chi connectivity index (χ1n) is 8.68. The lowest BCUT2D eigenvalue weighted by Crippen LogP contribution is -2.41. The van der Waals surface area contributed by atoms with Crippen molar-refractivity contribution in [3.63, 3.8) is 0 Å². The Kier molecular flexibility index (Phi) is 6.22. The van der Waals surface area contributed by atoms with Gasteiger partial charge in [-0.2, -0.15) is 13.2 Å². The highest BCUT2D eigenvalue weighted by Gasteiger charge is 2.31. The van der Waals surface area contributed by atoms with Crippen LogP contribution in [-0.4, -0.2) is 21.0 Å². The molecule has 1 aromatic carbocycles. The van der Waals surface area contributed by atoms with Gasteiger partial charge in [0.1, 0.15) is 0 Å². The van der Waals surface area contributed by atoms with Gasteiger partial charge in [-0.3, -0.25) is 4.98 Å². The summed E-state index contributed by atoms with van der Waals surface area (Å²) < 4.78 is 39.0. The third kappa shape index (κ3) is 5.11. The zero-order valence-electron chi connectivity index (χ0n) is 14.5. The minimum Gasteiger partial charge on any atom is -0.342 e. The number of halogens is 4. The van der Waals surface area contributed by atoms with Gasteiger partial charge < -0.3 is 10.2 Å². The molecule has 0 spiro atoms. The third-order valence-electron chi connectivity index (χ3n) is 4.64. The molecule has 8 heteroatoms. The van der Waals surface area contributed by atoms with Crippen LogP contribution in [0.5, 0.6) is 0 Å². The smallest absolute Gasteiger partial charge is 0.342 e. The quantitative estimate of drug-likeness (QED) is 0.632. The summed E-state index contributed by atoms with van der Waals surface area (Å²) in [5.41, 5.74) is 0.381. The number of rotatable bonds is 4. The molecular formula is C19H19ClF3N3S. The van der Waals surface area contributed by atoms with Gasteiger partial charge >= 0.3 is 6.18 Å². The number of alkyl halides is 3. The molecule has 1 fully saturated rings. The van der Waals surface area contributed by atoms with Crippen molar-refractivity contribution in [3.05, 3.63) is 58.9 Å². The number of pyridine rings is 1. The van der Waals surface area contributed by atoms with Crippen molar-refractivity contribution in [2.24, 2.45) is 0 Å². The SMILES string of the molecule is FC(F)(F)c1ccc(Cl)c(NC(=S)N(Cc2cccnc2)C2CCCC2)c1. The zero-order chi connectivity index (χ0) is 19.4. The number of hydrogen-bond donors (Lipinski definition) is 1. The second kappa shape index (κ2) is 8.44. The molecular weight excluding hydrogens is 395 g/mol. The Hall–Kier alpha value is -1.86. The van der Waals surface area contributed by atoms with Gasteiger partial charge in [-0.1, -0.05) is 30.5 Å². The van der Waals surface area contributed by atoms with Crippen molar-refractivity contribution in [1.82, 2.24) is 9.88 Å². The maximum absolute atomic E-state index is 13.0. The summed E-state index contributed by atoms with van der Waals surface area (Å²) in [7, 11) is 0. The van der Waals surface area contributed by atoms with E-state index in [4.69, 9.17) is 23.8 Å². The summed E-state index contributed by atoms with van der Waals surface area (Å²) in [5.74, 6) is 0. The van der Waals surface area contributed by atoms with E-state index < -0.39 is 11.7 Å². The molecule has 27 heavy (non-hydrogen) atoms. The summed E-state index contributed by atoms with van der Waals surface area (Å²) in [5, 5.41) is 3.49. The summed E-state index contributed by atoms with van der Waals surface area (Å²) >= 11 is 11.6. The van der Waals surface area contributed by atoms with Crippen molar-refractivity contribution in [2.45, 2.75) is 44.4 Å². The van der Waals surface area contributed by atoms with Crippen LogP contribution in [0.2, 0.25) is 5.02 Å². The molecule has 1 saturated carbocycles. The highest BCUT2D eigenvalue weighted by molar-refractivity contribution is 7.80. The summed E-state index contributed by atoms with van der Waals surface area (Å²) in [6, 6.07) is 7.23. The molecule has 0 atom stereocenters. The van der Waals surface area contributed by atoms with Crippen LogP contribution in [0.25, 0.3) is 0 Å². The molecule has 1 N–H and O–H groups in total. The second-order valence-corrected chi connectivity index (χ2v) is 7.34. The van der Waals surface area contributed by atoms with E-state index in [0.29, 0.717) is 11.7 Å². The number of nitrogens with zero attached hydrogens (tertiary/aromatic N) is 2. The van der Waals surface area contributed by atoms with Crippen molar-refractivity contribution >= 4 is 34.6 Å². The largest absolute Gasteiger partial charge is 0.416 e. The van der Waals surface area contributed by atoms with Gasteiger partial charge in [-0.25, -0.2) is 0 Å². The molecule has 0 amide bonds. The summed E-state index contributed by atoms with van der Waals surface area (Å²) in [4.78, 5) is 6.15. The van der Waals surface area contributed by atoms with Crippen molar-refractivity contribution in [1.29, 1.82) is 0 Å². The molecule has 1 aliphatic rings. The Morgan fingerprint density at radius 2 is 2.00 bits per heavy atom. The molecule has 0 bridgehead atoms. The van der Waals surface area contributed by atoms with Gasteiger partial charge in [0.15, 0.2) is 5.11 Å². The number of anilines is 1. The van der Waals surface area contributed by atoms with Crippen LogP contribution in [0.1, 0.15) is 36.8 Å². The topological polar surface area (TPSA) is 28.2 Å². The molecule has 2 aromatic rings.